The van der Waals surface area contributed by atoms with Crippen molar-refractivity contribution in [3.05, 3.63) is 16.9 Å². The molecule has 1 aliphatic carbocycles. The average Bonchev–Trinajstić information content (AvgIpc) is 2.87. The van der Waals surface area contributed by atoms with E-state index in [-0.39, 0.29) is 5.91 Å². The third-order valence-electron chi connectivity index (χ3n) is 3.32. The Morgan fingerprint density at radius 2 is 2.22 bits per heavy atom. The van der Waals surface area contributed by atoms with Crippen molar-refractivity contribution >= 4 is 22.2 Å². The molecule has 2 heterocycles. The van der Waals surface area contributed by atoms with Gasteiger partial charge in [0.1, 0.15) is 10.7 Å². The number of hydrogen-bond donors (Lipinski definition) is 1. The van der Waals surface area contributed by atoms with Crippen molar-refractivity contribution in [1.29, 1.82) is 0 Å². The number of amides is 1. The number of hydrogen-bond acceptors (Lipinski definition) is 4. The number of fused-ring (bicyclic) bond motifs is 1. The maximum Gasteiger partial charge on any atom is 0.271 e. The Labute approximate surface area is 109 Å². The van der Waals surface area contributed by atoms with Crippen molar-refractivity contribution in [3.63, 3.8) is 0 Å². The second-order valence-corrected chi connectivity index (χ2v) is 5.94. The van der Waals surface area contributed by atoms with Gasteiger partial charge in [-0.3, -0.25) is 4.79 Å². The molecule has 0 aliphatic heterocycles. The zero-order valence-corrected chi connectivity index (χ0v) is 11.2. The van der Waals surface area contributed by atoms with Crippen molar-refractivity contribution in [1.82, 2.24) is 19.9 Å². The van der Waals surface area contributed by atoms with Crippen molar-refractivity contribution in [2.45, 2.75) is 45.1 Å². The number of aryl methyl sites for hydroxylation is 1. The van der Waals surface area contributed by atoms with Crippen LogP contribution in [0, 0.1) is 6.92 Å². The Bertz CT molecular complexity index is 536. The summed E-state index contributed by atoms with van der Waals surface area (Å²) in [5.41, 5.74) is 0.472. The molecular weight excluding hydrogens is 248 g/mol. The molecule has 0 unspecified atom stereocenters. The normalized spacial score (nSPS) is 17.2. The summed E-state index contributed by atoms with van der Waals surface area (Å²) in [6.45, 7) is 1.93. The predicted molar refractivity (Wildman–Crippen MR) is 69.9 cm³/mol. The van der Waals surface area contributed by atoms with Crippen molar-refractivity contribution < 1.29 is 4.79 Å². The number of carbonyl (C=O) groups excluding carboxylic acids is 1. The molecule has 2 aromatic heterocycles. The van der Waals surface area contributed by atoms with Crippen LogP contribution in [-0.4, -0.2) is 26.5 Å². The van der Waals surface area contributed by atoms with Crippen molar-refractivity contribution in [3.8, 4) is 0 Å². The standard InChI is InChI=1S/C12H16N4OS/c1-8-15-16-7-10(14-12(16)18-8)11(17)13-9-5-3-2-4-6-9/h7,9H,2-6H2,1H3,(H,13,17). The number of rotatable bonds is 2. The van der Waals surface area contributed by atoms with Crippen LogP contribution in [0.3, 0.4) is 0 Å². The van der Waals surface area contributed by atoms with E-state index in [1.165, 1.54) is 30.6 Å². The lowest BCUT2D eigenvalue weighted by Gasteiger charge is -2.22. The highest BCUT2D eigenvalue weighted by molar-refractivity contribution is 7.16. The molecule has 1 N–H and O–H groups in total. The van der Waals surface area contributed by atoms with Crippen molar-refractivity contribution in [2.75, 3.05) is 0 Å². The maximum absolute atomic E-state index is 12.1. The van der Waals surface area contributed by atoms with Crippen LogP contribution in [0.25, 0.3) is 4.96 Å². The van der Waals surface area contributed by atoms with E-state index >= 15 is 0 Å². The minimum atomic E-state index is -0.0720. The summed E-state index contributed by atoms with van der Waals surface area (Å²) in [7, 11) is 0. The fourth-order valence-corrected chi connectivity index (χ4v) is 3.14. The molecule has 5 nitrogen and oxygen atoms in total. The molecule has 1 saturated carbocycles. The van der Waals surface area contributed by atoms with Gasteiger partial charge < -0.3 is 5.32 Å². The topological polar surface area (TPSA) is 59.3 Å². The lowest BCUT2D eigenvalue weighted by Crippen LogP contribution is -2.36. The van der Waals surface area contributed by atoms with Gasteiger partial charge in [-0.1, -0.05) is 30.6 Å². The number of carbonyl (C=O) groups is 1. The first kappa shape index (κ1) is 11.6. The van der Waals surface area contributed by atoms with Crippen LogP contribution in [0.5, 0.6) is 0 Å². The van der Waals surface area contributed by atoms with Crippen LogP contribution in [-0.2, 0) is 0 Å². The molecule has 0 bridgehead atoms. The van der Waals surface area contributed by atoms with Gasteiger partial charge in [0.25, 0.3) is 5.91 Å². The molecule has 0 spiro atoms. The number of imidazole rings is 1. The number of aromatic nitrogens is 3. The zero-order valence-electron chi connectivity index (χ0n) is 10.3. The SMILES string of the molecule is Cc1nn2cc(C(=O)NC3CCCCC3)nc2s1. The number of nitrogens with zero attached hydrogens (tertiary/aromatic N) is 3. The second-order valence-electron chi connectivity index (χ2n) is 4.78. The van der Waals surface area contributed by atoms with E-state index in [1.807, 2.05) is 6.92 Å². The molecule has 1 amide bonds. The van der Waals surface area contributed by atoms with Gasteiger partial charge in [0.2, 0.25) is 4.96 Å². The van der Waals surface area contributed by atoms with Crippen LogP contribution in [0.4, 0.5) is 0 Å². The maximum atomic E-state index is 12.1. The van der Waals surface area contributed by atoms with E-state index < -0.39 is 0 Å². The summed E-state index contributed by atoms with van der Waals surface area (Å²) < 4.78 is 1.68. The van der Waals surface area contributed by atoms with Gasteiger partial charge in [-0.25, -0.2) is 9.50 Å². The molecule has 6 heteroatoms. The molecule has 1 fully saturated rings. The second kappa shape index (κ2) is 4.68. The van der Waals surface area contributed by atoms with E-state index in [1.54, 1.807) is 10.7 Å². The lowest BCUT2D eigenvalue weighted by molar-refractivity contribution is 0.0923. The van der Waals surface area contributed by atoms with E-state index in [9.17, 15) is 4.79 Å². The highest BCUT2D eigenvalue weighted by atomic mass is 32.1. The summed E-state index contributed by atoms with van der Waals surface area (Å²) in [5, 5.41) is 8.27. The fraction of sp³-hybridized carbons (Fsp3) is 0.583. The first-order valence-corrected chi connectivity index (χ1v) is 7.18. The Balaban J connectivity index is 1.72. The Hall–Kier alpha value is -1.43. The average molecular weight is 264 g/mol. The predicted octanol–water partition coefficient (Wildman–Crippen LogP) is 2.16. The quantitative estimate of drug-likeness (QED) is 0.904. The third-order valence-corrected chi connectivity index (χ3v) is 4.16. The van der Waals surface area contributed by atoms with Gasteiger partial charge >= 0.3 is 0 Å². The first-order chi connectivity index (χ1) is 8.72. The third kappa shape index (κ3) is 2.25. The largest absolute Gasteiger partial charge is 0.348 e. The Morgan fingerprint density at radius 1 is 1.44 bits per heavy atom. The van der Waals surface area contributed by atoms with Crippen LogP contribution in [0.1, 0.15) is 47.6 Å². The zero-order chi connectivity index (χ0) is 12.5. The van der Waals surface area contributed by atoms with E-state index in [2.05, 4.69) is 15.4 Å². The summed E-state index contributed by atoms with van der Waals surface area (Å²) >= 11 is 1.50. The summed E-state index contributed by atoms with van der Waals surface area (Å²) in [4.78, 5) is 17.1. The van der Waals surface area contributed by atoms with Gasteiger partial charge in [-0.05, 0) is 19.8 Å². The Morgan fingerprint density at radius 3 is 2.94 bits per heavy atom. The number of nitrogens with one attached hydrogen (secondary N) is 1. The molecule has 0 radical (unpaired) electrons. The van der Waals surface area contributed by atoms with Crippen LogP contribution >= 0.6 is 11.3 Å². The Kier molecular flexibility index (Phi) is 3.03. The summed E-state index contributed by atoms with van der Waals surface area (Å²) in [5.74, 6) is -0.0720. The minimum absolute atomic E-state index is 0.0720. The van der Waals surface area contributed by atoms with Crippen molar-refractivity contribution in [2.24, 2.45) is 0 Å². The van der Waals surface area contributed by atoms with Crippen LogP contribution in [0.15, 0.2) is 6.20 Å². The lowest BCUT2D eigenvalue weighted by atomic mass is 9.95. The first-order valence-electron chi connectivity index (χ1n) is 6.36. The van der Waals surface area contributed by atoms with E-state index in [0.29, 0.717) is 11.7 Å². The smallest absolute Gasteiger partial charge is 0.271 e. The fourth-order valence-electron chi connectivity index (χ4n) is 2.42. The summed E-state index contributed by atoms with van der Waals surface area (Å²) in [6, 6.07) is 0.320. The molecule has 0 aromatic carbocycles. The van der Waals surface area contributed by atoms with Gasteiger partial charge in [0, 0.05) is 6.04 Å². The molecule has 96 valence electrons. The van der Waals surface area contributed by atoms with Gasteiger partial charge in [-0.15, -0.1) is 0 Å². The molecule has 0 atom stereocenters. The highest BCUT2D eigenvalue weighted by Crippen LogP contribution is 2.18. The summed E-state index contributed by atoms with van der Waals surface area (Å²) in [6.07, 6.45) is 7.59. The van der Waals surface area contributed by atoms with Gasteiger partial charge in [-0.2, -0.15) is 5.10 Å². The van der Waals surface area contributed by atoms with Crippen LogP contribution in [0.2, 0.25) is 0 Å². The van der Waals surface area contributed by atoms with E-state index in [0.717, 1.165) is 22.8 Å². The molecule has 18 heavy (non-hydrogen) atoms. The highest BCUT2D eigenvalue weighted by Gasteiger charge is 2.19. The monoisotopic (exact) mass is 264 g/mol. The van der Waals surface area contributed by atoms with E-state index in [4.69, 9.17) is 0 Å². The van der Waals surface area contributed by atoms with Gasteiger partial charge in [0.05, 0.1) is 6.20 Å². The van der Waals surface area contributed by atoms with Crippen LogP contribution < -0.4 is 5.32 Å². The van der Waals surface area contributed by atoms with Gasteiger partial charge in [0.15, 0.2) is 0 Å². The molecule has 0 saturated heterocycles. The molecule has 1 aliphatic rings. The molecule has 2 aromatic rings. The molecular formula is C12H16N4OS. The molecule has 3 rings (SSSR count). The minimum Gasteiger partial charge on any atom is -0.348 e.